The van der Waals surface area contributed by atoms with Crippen LogP contribution in [0.4, 0.5) is 17.1 Å². The van der Waals surface area contributed by atoms with Gasteiger partial charge in [-0.05, 0) is 120 Å². The Morgan fingerprint density at radius 3 is 1.04 bits per heavy atom. The molecule has 0 saturated carbocycles. The lowest BCUT2D eigenvalue weighted by atomic mass is 9.70. The minimum absolute atomic E-state index is 0.352. The maximum Gasteiger partial charge on any atom is 0.0725 e. The third-order valence-electron chi connectivity index (χ3n) is 11.9. The fourth-order valence-corrected chi connectivity index (χ4v) is 9.39. The van der Waals surface area contributed by atoms with Crippen molar-refractivity contribution in [2.24, 2.45) is 0 Å². The Balaban J connectivity index is 0.961. The van der Waals surface area contributed by atoms with Crippen molar-refractivity contribution in [1.82, 2.24) is 0 Å². The van der Waals surface area contributed by atoms with Crippen LogP contribution in [0.15, 0.2) is 224 Å². The summed E-state index contributed by atoms with van der Waals surface area (Å²) in [6, 6.07) is 82.2. The number of nitrogens with zero attached hydrogens (tertiary/aromatic N) is 1. The number of hydrogen-bond acceptors (Lipinski definition) is 1. The van der Waals surface area contributed by atoms with Crippen LogP contribution in [0, 0.1) is 0 Å². The molecule has 0 unspecified atom stereocenters. The fourth-order valence-electron chi connectivity index (χ4n) is 9.39. The Bertz CT molecular complexity index is 2810. The van der Waals surface area contributed by atoms with Gasteiger partial charge in [-0.2, -0.15) is 0 Å². The van der Waals surface area contributed by atoms with Gasteiger partial charge in [-0.1, -0.05) is 182 Å². The van der Waals surface area contributed by atoms with Crippen LogP contribution >= 0.6 is 0 Å². The normalized spacial score (nSPS) is 12.8. The van der Waals surface area contributed by atoms with E-state index >= 15 is 0 Å². The van der Waals surface area contributed by atoms with Gasteiger partial charge in [0.2, 0.25) is 0 Å². The summed E-state index contributed by atoms with van der Waals surface area (Å²) in [4.78, 5) is 2.34. The molecule has 2 aliphatic carbocycles. The average molecular weight is 712 g/mol. The first kappa shape index (κ1) is 32.2. The lowest BCUT2D eigenvalue weighted by Crippen LogP contribution is -2.25. The number of benzene rings is 9. The number of hydrogen-bond donors (Lipinski definition) is 0. The maximum atomic E-state index is 2.46. The highest BCUT2D eigenvalue weighted by Gasteiger charge is 2.51. The molecular weight excluding hydrogens is 675 g/mol. The molecule has 0 heterocycles. The second-order valence-corrected chi connectivity index (χ2v) is 14.9. The van der Waals surface area contributed by atoms with E-state index in [1.165, 1.54) is 77.9 Å². The van der Waals surface area contributed by atoms with Crippen molar-refractivity contribution in [3.05, 3.63) is 247 Å². The summed E-state index contributed by atoms with van der Waals surface area (Å²) in [7, 11) is 0. The van der Waals surface area contributed by atoms with E-state index in [0.29, 0.717) is 0 Å². The third-order valence-corrected chi connectivity index (χ3v) is 11.9. The molecule has 0 aliphatic heterocycles. The van der Waals surface area contributed by atoms with Gasteiger partial charge >= 0.3 is 0 Å². The minimum Gasteiger partial charge on any atom is -0.311 e. The first-order valence-electron chi connectivity index (χ1n) is 19.4. The highest BCUT2D eigenvalue weighted by molar-refractivity contribution is 5.96. The van der Waals surface area contributed by atoms with E-state index < -0.39 is 0 Å². The smallest absolute Gasteiger partial charge is 0.0725 e. The molecule has 0 amide bonds. The predicted octanol–water partition coefficient (Wildman–Crippen LogP) is 14.5. The second-order valence-electron chi connectivity index (χ2n) is 14.9. The van der Waals surface area contributed by atoms with Crippen molar-refractivity contribution in [2.45, 2.75) is 5.41 Å². The Kier molecular flexibility index (Phi) is 7.47. The van der Waals surface area contributed by atoms with E-state index in [1.54, 1.807) is 0 Å². The molecule has 1 nitrogen and oxygen atoms in total. The molecule has 0 bridgehead atoms. The van der Waals surface area contributed by atoms with Crippen molar-refractivity contribution in [3.63, 3.8) is 0 Å². The molecule has 9 aromatic carbocycles. The van der Waals surface area contributed by atoms with Crippen molar-refractivity contribution in [1.29, 1.82) is 0 Å². The molecule has 11 rings (SSSR count). The molecule has 0 aromatic heterocycles. The zero-order chi connectivity index (χ0) is 37.1. The first-order chi connectivity index (χ1) is 27.8. The van der Waals surface area contributed by atoms with Crippen molar-refractivity contribution in [2.75, 3.05) is 4.90 Å². The van der Waals surface area contributed by atoms with Crippen LogP contribution < -0.4 is 4.90 Å². The van der Waals surface area contributed by atoms with Crippen LogP contribution in [-0.4, -0.2) is 0 Å². The molecule has 1 spiro atoms. The van der Waals surface area contributed by atoms with Gasteiger partial charge < -0.3 is 4.90 Å². The van der Waals surface area contributed by atoms with Crippen LogP contribution in [0.1, 0.15) is 22.3 Å². The van der Waals surface area contributed by atoms with Gasteiger partial charge in [0.15, 0.2) is 0 Å². The number of para-hydroxylation sites is 1. The highest BCUT2D eigenvalue weighted by atomic mass is 15.1. The SMILES string of the molecule is c1ccc(-c2ccc(-c3ccc(N(c4ccccc4)c4ccc(-c5ccc6c(c5)C5(c7ccccc7-c7ccccc75)c5ccccc5-6)cc4)cc3)cc2)cc1. The topological polar surface area (TPSA) is 3.24 Å². The van der Waals surface area contributed by atoms with E-state index in [2.05, 4.69) is 229 Å². The quantitative estimate of drug-likeness (QED) is 0.166. The summed E-state index contributed by atoms with van der Waals surface area (Å²) < 4.78 is 0. The van der Waals surface area contributed by atoms with Crippen molar-refractivity contribution in [3.8, 4) is 55.6 Å². The number of rotatable bonds is 6. The van der Waals surface area contributed by atoms with Gasteiger partial charge in [-0.3, -0.25) is 0 Å². The molecule has 0 saturated heterocycles. The van der Waals surface area contributed by atoms with Gasteiger partial charge in [-0.25, -0.2) is 0 Å². The molecule has 56 heavy (non-hydrogen) atoms. The summed E-state index contributed by atoms with van der Waals surface area (Å²) in [6.45, 7) is 0. The average Bonchev–Trinajstić information content (AvgIpc) is 3.75. The lowest BCUT2D eigenvalue weighted by Gasteiger charge is -2.30. The molecule has 9 aromatic rings. The molecule has 0 fully saturated rings. The van der Waals surface area contributed by atoms with E-state index in [4.69, 9.17) is 0 Å². The van der Waals surface area contributed by atoms with Crippen LogP contribution in [0.5, 0.6) is 0 Å². The van der Waals surface area contributed by atoms with Crippen LogP contribution in [0.3, 0.4) is 0 Å². The predicted molar refractivity (Wildman–Crippen MR) is 234 cm³/mol. The van der Waals surface area contributed by atoms with Crippen LogP contribution in [0.2, 0.25) is 0 Å². The number of fused-ring (bicyclic) bond motifs is 10. The summed E-state index contributed by atoms with van der Waals surface area (Å²) >= 11 is 0. The van der Waals surface area contributed by atoms with Crippen LogP contribution in [0.25, 0.3) is 55.6 Å². The largest absolute Gasteiger partial charge is 0.311 e. The van der Waals surface area contributed by atoms with Gasteiger partial charge in [0.05, 0.1) is 5.41 Å². The molecule has 0 N–H and O–H groups in total. The Morgan fingerprint density at radius 2 is 0.554 bits per heavy atom. The zero-order valence-corrected chi connectivity index (χ0v) is 30.8. The summed E-state index contributed by atoms with van der Waals surface area (Å²) in [5.41, 5.74) is 21.0. The van der Waals surface area contributed by atoms with Gasteiger partial charge in [0.25, 0.3) is 0 Å². The molecular formula is C55H37N. The van der Waals surface area contributed by atoms with E-state index in [1.807, 2.05) is 0 Å². The maximum absolute atomic E-state index is 2.46. The van der Waals surface area contributed by atoms with E-state index in [-0.39, 0.29) is 5.41 Å². The zero-order valence-electron chi connectivity index (χ0n) is 30.8. The van der Waals surface area contributed by atoms with Crippen LogP contribution in [-0.2, 0) is 5.41 Å². The Labute approximate surface area is 328 Å². The Hall–Kier alpha value is -7.22. The van der Waals surface area contributed by atoms with Gasteiger partial charge in [0.1, 0.15) is 0 Å². The first-order valence-corrected chi connectivity index (χ1v) is 19.4. The fraction of sp³-hybridized carbons (Fsp3) is 0.0182. The second kappa shape index (κ2) is 13.0. The van der Waals surface area contributed by atoms with Gasteiger partial charge in [0, 0.05) is 17.1 Å². The van der Waals surface area contributed by atoms with Crippen molar-refractivity contribution >= 4 is 17.1 Å². The standard InChI is InChI=1S/C55H37N/c1-3-13-38(14-4-1)39-23-25-40(26-24-39)41-27-32-45(33-28-41)56(44-15-5-2-6-16-44)46-34-29-42(30-35-46)43-31-36-50-49-19-9-12-22-53(49)55(54(50)37-43)51-20-10-7-17-47(51)48-18-8-11-21-52(48)55/h1-37H. The Morgan fingerprint density at radius 1 is 0.232 bits per heavy atom. The molecule has 0 atom stereocenters. The van der Waals surface area contributed by atoms with Crippen molar-refractivity contribution < 1.29 is 0 Å². The number of anilines is 3. The summed E-state index contributed by atoms with van der Waals surface area (Å²) in [5.74, 6) is 0. The monoisotopic (exact) mass is 711 g/mol. The highest BCUT2D eigenvalue weighted by Crippen LogP contribution is 2.63. The summed E-state index contributed by atoms with van der Waals surface area (Å²) in [6.07, 6.45) is 0. The molecule has 2 aliphatic rings. The third kappa shape index (κ3) is 4.95. The molecule has 262 valence electrons. The van der Waals surface area contributed by atoms with Gasteiger partial charge in [-0.15, -0.1) is 0 Å². The minimum atomic E-state index is -0.352. The van der Waals surface area contributed by atoms with E-state index in [0.717, 1.165) is 17.1 Å². The molecule has 0 radical (unpaired) electrons. The lowest BCUT2D eigenvalue weighted by molar-refractivity contribution is 0.794. The summed E-state index contributed by atoms with van der Waals surface area (Å²) in [5, 5.41) is 0. The van der Waals surface area contributed by atoms with E-state index in [9.17, 15) is 0 Å². The molecule has 1 heteroatoms.